The second-order valence-corrected chi connectivity index (χ2v) is 7.07. The molecule has 1 fully saturated rings. The molecule has 0 radical (unpaired) electrons. The number of carbonyl (C=O) groups is 3. The van der Waals surface area contributed by atoms with Crippen molar-refractivity contribution >= 4 is 23.9 Å². The van der Waals surface area contributed by atoms with Gasteiger partial charge in [-0.25, -0.2) is 0 Å². The number of benzene rings is 1. The molecule has 1 aromatic heterocycles. The number of aryl methyl sites for hydroxylation is 1. The van der Waals surface area contributed by atoms with Crippen LogP contribution in [-0.4, -0.2) is 61.3 Å². The first kappa shape index (κ1) is 19.1. The smallest absolute Gasteiger partial charge is 0.247 e. The molecule has 0 unspecified atom stereocenters. The highest BCUT2D eigenvalue weighted by Gasteiger charge is 2.57. The molecule has 4 rings (SSSR count). The standard InChI is InChI=1S/C19H21N5O5/c1-11-22-23-16(29-11)12-3-4-14-13(7-12)8-19(17(26)20-2,18(27)21-10-25)15-9-28-6-5-24(14)15/h3-4,7,10,15H,5-6,8-9H2,1-2H3,(H,20,26)(H,21,25,27)/t15-,19-/m1/s1. The van der Waals surface area contributed by atoms with Crippen molar-refractivity contribution < 1.29 is 23.5 Å². The molecule has 2 aliphatic rings. The van der Waals surface area contributed by atoms with Crippen molar-refractivity contribution in [2.45, 2.75) is 19.4 Å². The summed E-state index contributed by atoms with van der Waals surface area (Å²) in [7, 11) is 1.47. The lowest BCUT2D eigenvalue weighted by atomic mass is 9.69. The Morgan fingerprint density at radius 2 is 2.14 bits per heavy atom. The number of imide groups is 1. The summed E-state index contributed by atoms with van der Waals surface area (Å²) in [5.74, 6) is -0.326. The molecule has 0 aliphatic carbocycles. The Labute approximate surface area is 166 Å². The molecule has 0 spiro atoms. The summed E-state index contributed by atoms with van der Waals surface area (Å²) in [6, 6.07) is 5.10. The van der Waals surface area contributed by atoms with Crippen LogP contribution in [0.3, 0.4) is 0 Å². The third kappa shape index (κ3) is 2.96. The molecule has 1 aromatic carbocycles. The number of nitrogens with zero attached hydrogens (tertiary/aromatic N) is 3. The topological polar surface area (TPSA) is 127 Å². The van der Waals surface area contributed by atoms with Crippen molar-refractivity contribution in [3.05, 3.63) is 29.7 Å². The third-order valence-corrected chi connectivity index (χ3v) is 5.56. The van der Waals surface area contributed by atoms with Crippen LogP contribution in [0.5, 0.6) is 0 Å². The molecule has 0 saturated carbocycles. The SMILES string of the molecule is CNC(=O)[C@@]1(C(=O)NC=O)Cc2cc(-c3nnc(C)o3)ccc2N2CCOC[C@@H]21. The number of nitrogens with one attached hydrogen (secondary N) is 2. The molecule has 10 heteroatoms. The molecule has 3 heterocycles. The van der Waals surface area contributed by atoms with Crippen LogP contribution in [0, 0.1) is 12.3 Å². The molecule has 1 saturated heterocycles. The summed E-state index contributed by atoms with van der Waals surface area (Å²) < 4.78 is 11.1. The number of hydrogen-bond donors (Lipinski definition) is 2. The summed E-state index contributed by atoms with van der Waals surface area (Å²) in [6.07, 6.45) is 0.404. The van der Waals surface area contributed by atoms with Gasteiger partial charge in [0.25, 0.3) is 0 Å². The normalized spacial score (nSPS) is 23.0. The molecule has 3 amide bonds. The molecule has 2 N–H and O–H groups in total. The second kappa shape index (κ2) is 7.28. The third-order valence-electron chi connectivity index (χ3n) is 5.56. The lowest BCUT2D eigenvalue weighted by Gasteiger charge is -2.50. The quantitative estimate of drug-likeness (QED) is 0.535. The number of rotatable bonds is 4. The van der Waals surface area contributed by atoms with E-state index in [1.165, 1.54) is 7.05 Å². The van der Waals surface area contributed by atoms with Gasteiger partial charge in [0.15, 0.2) is 5.41 Å². The van der Waals surface area contributed by atoms with Crippen LogP contribution in [0.25, 0.3) is 11.5 Å². The van der Waals surface area contributed by atoms with E-state index in [-0.39, 0.29) is 13.0 Å². The zero-order valence-corrected chi connectivity index (χ0v) is 16.1. The Morgan fingerprint density at radius 1 is 1.31 bits per heavy atom. The van der Waals surface area contributed by atoms with E-state index in [9.17, 15) is 14.4 Å². The van der Waals surface area contributed by atoms with Gasteiger partial charge in [0.2, 0.25) is 30.0 Å². The largest absolute Gasteiger partial charge is 0.421 e. The molecule has 10 nitrogen and oxygen atoms in total. The van der Waals surface area contributed by atoms with Gasteiger partial charge in [0, 0.05) is 31.8 Å². The number of anilines is 1. The molecule has 2 atom stereocenters. The molecule has 2 aliphatic heterocycles. The van der Waals surface area contributed by atoms with Gasteiger partial charge in [-0.15, -0.1) is 10.2 Å². The Balaban J connectivity index is 1.86. The first-order chi connectivity index (χ1) is 14.0. The summed E-state index contributed by atoms with van der Waals surface area (Å²) in [6.45, 7) is 2.89. The van der Waals surface area contributed by atoms with Crippen LogP contribution < -0.4 is 15.5 Å². The predicted octanol–water partition coefficient (Wildman–Crippen LogP) is -0.189. The monoisotopic (exact) mass is 399 g/mol. The van der Waals surface area contributed by atoms with Crippen LogP contribution in [0.1, 0.15) is 11.5 Å². The summed E-state index contributed by atoms with van der Waals surface area (Å²) >= 11 is 0. The van der Waals surface area contributed by atoms with E-state index < -0.39 is 23.3 Å². The van der Waals surface area contributed by atoms with Crippen LogP contribution in [0.15, 0.2) is 22.6 Å². The van der Waals surface area contributed by atoms with E-state index in [0.717, 1.165) is 11.3 Å². The number of hydrogen-bond acceptors (Lipinski definition) is 8. The van der Waals surface area contributed by atoms with Gasteiger partial charge < -0.3 is 19.4 Å². The Bertz CT molecular complexity index is 974. The Hall–Kier alpha value is -3.27. The highest BCUT2D eigenvalue weighted by Crippen LogP contribution is 2.44. The fraction of sp³-hybridized carbons (Fsp3) is 0.421. The maximum absolute atomic E-state index is 13.0. The van der Waals surface area contributed by atoms with Crippen molar-refractivity contribution in [3.8, 4) is 11.5 Å². The van der Waals surface area contributed by atoms with Crippen LogP contribution in [0.4, 0.5) is 5.69 Å². The average Bonchev–Trinajstić information content (AvgIpc) is 3.18. The minimum absolute atomic E-state index is 0.104. The predicted molar refractivity (Wildman–Crippen MR) is 101 cm³/mol. The molecular weight excluding hydrogens is 378 g/mol. The number of morpholine rings is 1. The van der Waals surface area contributed by atoms with Crippen LogP contribution >= 0.6 is 0 Å². The van der Waals surface area contributed by atoms with Crippen molar-refractivity contribution in [3.63, 3.8) is 0 Å². The first-order valence-corrected chi connectivity index (χ1v) is 9.26. The van der Waals surface area contributed by atoms with Gasteiger partial charge in [0.1, 0.15) is 0 Å². The lowest BCUT2D eigenvalue weighted by molar-refractivity contribution is -0.148. The molecule has 0 bridgehead atoms. The summed E-state index contributed by atoms with van der Waals surface area (Å²) in [4.78, 5) is 39.1. The number of amides is 3. The maximum atomic E-state index is 13.0. The van der Waals surface area contributed by atoms with E-state index in [1.54, 1.807) is 6.92 Å². The van der Waals surface area contributed by atoms with E-state index in [0.29, 0.717) is 36.9 Å². The maximum Gasteiger partial charge on any atom is 0.247 e. The van der Waals surface area contributed by atoms with E-state index in [4.69, 9.17) is 9.15 Å². The highest BCUT2D eigenvalue weighted by atomic mass is 16.5. The Morgan fingerprint density at radius 3 is 2.83 bits per heavy atom. The first-order valence-electron chi connectivity index (χ1n) is 9.26. The van der Waals surface area contributed by atoms with E-state index in [1.807, 2.05) is 23.1 Å². The van der Waals surface area contributed by atoms with Crippen LogP contribution in [0.2, 0.25) is 0 Å². The van der Waals surface area contributed by atoms with Gasteiger partial charge in [-0.3, -0.25) is 19.7 Å². The highest BCUT2D eigenvalue weighted by molar-refractivity contribution is 6.09. The minimum atomic E-state index is -1.52. The Kier molecular flexibility index (Phi) is 4.79. The fourth-order valence-corrected chi connectivity index (χ4v) is 4.24. The molecule has 2 aromatic rings. The lowest BCUT2D eigenvalue weighted by Crippen LogP contribution is -2.68. The van der Waals surface area contributed by atoms with Gasteiger partial charge in [0.05, 0.1) is 19.3 Å². The van der Waals surface area contributed by atoms with Crippen molar-refractivity contribution in [1.82, 2.24) is 20.8 Å². The molecular formula is C19H21N5O5. The fourth-order valence-electron chi connectivity index (χ4n) is 4.24. The summed E-state index contributed by atoms with van der Waals surface area (Å²) in [5, 5.41) is 12.7. The zero-order chi connectivity index (χ0) is 20.6. The number of carbonyl (C=O) groups excluding carboxylic acids is 3. The van der Waals surface area contributed by atoms with Gasteiger partial charge in [-0.05, 0) is 30.2 Å². The molecule has 152 valence electrons. The second-order valence-electron chi connectivity index (χ2n) is 7.07. The van der Waals surface area contributed by atoms with Crippen molar-refractivity contribution in [1.29, 1.82) is 0 Å². The van der Waals surface area contributed by atoms with Gasteiger partial charge >= 0.3 is 0 Å². The number of ether oxygens (including phenoxy) is 1. The van der Waals surface area contributed by atoms with Crippen molar-refractivity contribution in [2.24, 2.45) is 5.41 Å². The number of aromatic nitrogens is 2. The van der Waals surface area contributed by atoms with Crippen LogP contribution in [-0.2, 0) is 25.5 Å². The van der Waals surface area contributed by atoms with E-state index in [2.05, 4.69) is 20.8 Å². The molecule has 29 heavy (non-hydrogen) atoms. The van der Waals surface area contributed by atoms with E-state index >= 15 is 0 Å². The van der Waals surface area contributed by atoms with Gasteiger partial charge in [-0.2, -0.15) is 0 Å². The number of fused-ring (bicyclic) bond motifs is 3. The summed E-state index contributed by atoms with van der Waals surface area (Å²) in [5.41, 5.74) is 0.863. The van der Waals surface area contributed by atoms with Crippen molar-refractivity contribution in [2.75, 3.05) is 31.7 Å². The van der Waals surface area contributed by atoms with Gasteiger partial charge in [-0.1, -0.05) is 0 Å². The zero-order valence-electron chi connectivity index (χ0n) is 16.1. The average molecular weight is 399 g/mol. The minimum Gasteiger partial charge on any atom is -0.421 e.